The number of amidine groups is 1. The number of carbonyl (C=O) groups is 1. The van der Waals surface area contributed by atoms with E-state index < -0.39 is 0 Å². The van der Waals surface area contributed by atoms with Crippen molar-refractivity contribution < 1.29 is 9.53 Å². The van der Waals surface area contributed by atoms with Crippen LogP contribution in [0.1, 0.15) is 16.7 Å². The average Bonchev–Trinajstić information content (AvgIpc) is 2.98. The van der Waals surface area contributed by atoms with Gasteiger partial charge in [-0.3, -0.25) is 9.69 Å². The zero-order chi connectivity index (χ0) is 17.6. The number of hydrogen-bond acceptors (Lipinski definition) is 5. The van der Waals surface area contributed by atoms with Gasteiger partial charge in [-0.2, -0.15) is 5.10 Å². The molecular formula is C19H19N3O2S. The molecule has 1 aliphatic heterocycles. The van der Waals surface area contributed by atoms with Gasteiger partial charge in [0.25, 0.3) is 0 Å². The number of carbonyl (C=O) groups excluding carboxylic acids is 1. The van der Waals surface area contributed by atoms with Gasteiger partial charge in [-0.05, 0) is 47.9 Å². The summed E-state index contributed by atoms with van der Waals surface area (Å²) in [7, 11) is 1.63. The second-order valence-electron chi connectivity index (χ2n) is 5.60. The molecule has 2 aromatic carbocycles. The Morgan fingerprint density at radius 2 is 1.96 bits per heavy atom. The number of nitrogens with zero attached hydrogens (tertiary/aromatic N) is 3. The van der Waals surface area contributed by atoms with Crippen LogP contribution in [0.2, 0.25) is 0 Å². The molecule has 1 amide bonds. The number of aryl methyl sites for hydroxylation is 1. The summed E-state index contributed by atoms with van der Waals surface area (Å²) in [4.78, 5) is 13.9. The van der Waals surface area contributed by atoms with Crippen LogP contribution in [0, 0.1) is 6.92 Å². The standard InChI is InChI=1S/C19H19N3O2S/c1-14-5-3-4-6-16(14)12-22-18(23)13-25-19(22)21-20-11-15-7-9-17(24-2)10-8-15/h3-11H,12-13H2,1-2H3/b20-11-,21-19-. The van der Waals surface area contributed by atoms with Crippen molar-refractivity contribution in [1.82, 2.24) is 4.90 Å². The number of methoxy groups -OCH3 is 1. The topological polar surface area (TPSA) is 54.3 Å². The van der Waals surface area contributed by atoms with Gasteiger partial charge in [-0.25, -0.2) is 0 Å². The van der Waals surface area contributed by atoms with Crippen molar-refractivity contribution in [3.8, 4) is 5.75 Å². The summed E-state index contributed by atoms with van der Waals surface area (Å²) in [6.07, 6.45) is 1.67. The predicted molar refractivity (Wildman–Crippen MR) is 102 cm³/mol. The highest BCUT2D eigenvalue weighted by atomic mass is 32.2. The molecule has 1 aliphatic rings. The molecule has 3 rings (SSSR count). The molecule has 1 saturated heterocycles. The number of rotatable bonds is 5. The minimum Gasteiger partial charge on any atom is -0.497 e. The van der Waals surface area contributed by atoms with Crippen molar-refractivity contribution in [2.24, 2.45) is 10.2 Å². The highest BCUT2D eigenvalue weighted by molar-refractivity contribution is 8.15. The molecule has 0 atom stereocenters. The van der Waals surface area contributed by atoms with Crippen LogP contribution >= 0.6 is 11.8 Å². The zero-order valence-electron chi connectivity index (χ0n) is 14.2. The van der Waals surface area contributed by atoms with Gasteiger partial charge in [-0.15, -0.1) is 5.10 Å². The first kappa shape index (κ1) is 17.2. The quantitative estimate of drug-likeness (QED) is 0.611. The lowest BCUT2D eigenvalue weighted by Gasteiger charge is -2.16. The summed E-state index contributed by atoms with van der Waals surface area (Å²) >= 11 is 1.42. The lowest BCUT2D eigenvalue weighted by atomic mass is 10.1. The van der Waals surface area contributed by atoms with Crippen LogP contribution in [0.15, 0.2) is 58.7 Å². The minimum atomic E-state index is 0.0617. The number of thioether (sulfide) groups is 1. The van der Waals surface area contributed by atoms with Crippen LogP contribution in [0.25, 0.3) is 0 Å². The van der Waals surface area contributed by atoms with Crippen LogP contribution in [-0.2, 0) is 11.3 Å². The number of benzene rings is 2. The van der Waals surface area contributed by atoms with E-state index in [4.69, 9.17) is 4.74 Å². The van der Waals surface area contributed by atoms with Crippen molar-refractivity contribution in [3.63, 3.8) is 0 Å². The normalized spacial score (nSPS) is 16.2. The van der Waals surface area contributed by atoms with E-state index in [2.05, 4.69) is 10.2 Å². The molecule has 25 heavy (non-hydrogen) atoms. The zero-order valence-corrected chi connectivity index (χ0v) is 15.0. The van der Waals surface area contributed by atoms with Gasteiger partial charge in [0.05, 0.1) is 25.6 Å². The molecule has 2 aromatic rings. The van der Waals surface area contributed by atoms with Gasteiger partial charge in [0, 0.05) is 0 Å². The van der Waals surface area contributed by atoms with Crippen LogP contribution in [0.4, 0.5) is 0 Å². The molecule has 0 N–H and O–H groups in total. The van der Waals surface area contributed by atoms with Gasteiger partial charge in [0.1, 0.15) is 5.75 Å². The summed E-state index contributed by atoms with van der Waals surface area (Å²) in [5.41, 5.74) is 3.20. The van der Waals surface area contributed by atoms with Crippen LogP contribution in [-0.4, -0.2) is 35.1 Å². The second-order valence-corrected chi connectivity index (χ2v) is 6.54. The van der Waals surface area contributed by atoms with E-state index in [1.165, 1.54) is 11.8 Å². The fourth-order valence-electron chi connectivity index (χ4n) is 2.42. The van der Waals surface area contributed by atoms with E-state index in [1.54, 1.807) is 18.2 Å². The molecule has 0 bridgehead atoms. The fourth-order valence-corrected chi connectivity index (χ4v) is 3.26. The Morgan fingerprint density at radius 3 is 2.68 bits per heavy atom. The van der Waals surface area contributed by atoms with Crippen molar-refractivity contribution in [2.75, 3.05) is 12.9 Å². The minimum absolute atomic E-state index is 0.0617. The Hall–Kier alpha value is -2.60. The lowest BCUT2D eigenvalue weighted by Crippen LogP contribution is -2.29. The van der Waals surface area contributed by atoms with E-state index >= 15 is 0 Å². The van der Waals surface area contributed by atoms with Crippen molar-refractivity contribution in [2.45, 2.75) is 13.5 Å². The van der Waals surface area contributed by atoms with E-state index in [9.17, 15) is 4.79 Å². The monoisotopic (exact) mass is 353 g/mol. The summed E-state index contributed by atoms with van der Waals surface area (Å²) < 4.78 is 5.13. The first-order valence-corrected chi connectivity index (χ1v) is 8.88. The highest BCUT2D eigenvalue weighted by Crippen LogP contribution is 2.23. The Labute approximate surface area is 151 Å². The third kappa shape index (κ3) is 4.28. The maximum Gasteiger partial charge on any atom is 0.239 e. The first-order chi connectivity index (χ1) is 12.2. The van der Waals surface area contributed by atoms with E-state index in [0.29, 0.717) is 17.5 Å². The van der Waals surface area contributed by atoms with Crippen LogP contribution in [0.3, 0.4) is 0 Å². The Morgan fingerprint density at radius 1 is 1.20 bits per heavy atom. The van der Waals surface area contributed by atoms with E-state index in [0.717, 1.165) is 22.4 Å². The Kier molecular flexibility index (Phi) is 5.50. The van der Waals surface area contributed by atoms with Crippen molar-refractivity contribution in [1.29, 1.82) is 0 Å². The highest BCUT2D eigenvalue weighted by Gasteiger charge is 2.28. The van der Waals surface area contributed by atoms with Crippen LogP contribution in [0.5, 0.6) is 5.75 Å². The molecule has 0 aliphatic carbocycles. The molecule has 0 aromatic heterocycles. The molecule has 0 saturated carbocycles. The summed E-state index contributed by atoms with van der Waals surface area (Å²) in [5.74, 6) is 1.26. The first-order valence-electron chi connectivity index (χ1n) is 7.90. The van der Waals surface area contributed by atoms with Gasteiger partial charge < -0.3 is 4.74 Å². The largest absolute Gasteiger partial charge is 0.497 e. The molecule has 1 fully saturated rings. The second kappa shape index (κ2) is 7.98. The van der Waals surface area contributed by atoms with Crippen molar-refractivity contribution in [3.05, 3.63) is 65.2 Å². The summed E-state index contributed by atoms with van der Waals surface area (Å²) in [6, 6.07) is 15.6. The van der Waals surface area contributed by atoms with Gasteiger partial charge in [0.15, 0.2) is 5.17 Å². The molecular weight excluding hydrogens is 334 g/mol. The van der Waals surface area contributed by atoms with Gasteiger partial charge in [-0.1, -0.05) is 36.0 Å². The third-order valence-electron chi connectivity index (χ3n) is 3.91. The maximum absolute atomic E-state index is 12.2. The van der Waals surface area contributed by atoms with Crippen LogP contribution < -0.4 is 4.74 Å². The van der Waals surface area contributed by atoms with Gasteiger partial charge >= 0.3 is 0 Å². The molecule has 0 spiro atoms. The summed E-state index contributed by atoms with van der Waals surface area (Å²) in [5, 5.41) is 9.01. The molecule has 0 unspecified atom stereocenters. The average molecular weight is 353 g/mol. The third-order valence-corrected chi connectivity index (χ3v) is 4.86. The molecule has 5 nitrogen and oxygen atoms in total. The smallest absolute Gasteiger partial charge is 0.239 e. The van der Waals surface area contributed by atoms with E-state index in [-0.39, 0.29) is 5.91 Å². The number of amides is 1. The van der Waals surface area contributed by atoms with Gasteiger partial charge in [0.2, 0.25) is 5.91 Å². The Balaban J connectivity index is 1.73. The predicted octanol–water partition coefficient (Wildman–Crippen LogP) is 3.47. The SMILES string of the molecule is COc1ccc(/C=N\N=C2/SCC(=O)N2Cc2ccccc2C)cc1. The van der Waals surface area contributed by atoms with E-state index in [1.807, 2.05) is 55.5 Å². The fraction of sp³-hybridized carbons (Fsp3) is 0.211. The molecule has 128 valence electrons. The summed E-state index contributed by atoms with van der Waals surface area (Å²) in [6.45, 7) is 2.57. The molecule has 0 radical (unpaired) electrons. The number of ether oxygens (including phenoxy) is 1. The number of hydrogen-bond donors (Lipinski definition) is 0. The van der Waals surface area contributed by atoms with Crippen molar-refractivity contribution >= 4 is 29.1 Å². The molecule has 1 heterocycles. The molecule has 6 heteroatoms. The Bertz CT molecular complexity index is 816. The lowest BCUT2D eigenvalue weighted by molar-refractivity contribution is -0.124. The maximum atomic E-state index is 12.2.